The van der Waals surface area contributed by atoms with E-state index in [0.29, 0.717) is 19.6 Å². The monoisotopic (exact) mass is 375 g/mol. The molecule has 1 aromatic rings. The standard InChI is InChI=1S/C16H17ClF3N3O2/c1-2-25-7-3-6-22-15(24)11(9-21)10-23-14-5-4-12(17)8-13(14)16(18,19)20/h4-5,8,10,23H,2-3,6-7H2,1H3,(H,22,24)/b11-10-. The Balaban J connectivity index is 2.78. The van der Waals surface area contributed by atoms with E-state index in [1.165, 1.54) is 6.07 Å². The Kier molecular flexibility index (Phi) is 8.25. The summed E-state index contributed by atoms with van der Waals surface area (Å²) in [6.07, 6.45) is -3.15. The Hall–Kier alpha value is -2.24. The van der Waals surface area contributed by atoms with Gasteiger partial charge in [0.2, 0.25) is 0 Å². The van der Waals surface area contributed by atoms with Crippen LogP contribution in [0.5, 0.6) is 0 Å². The summed E-state index contributed by atoms with van der Waals surface area (Å²) in [4.78, 5) is 11.8. The van der Waals surface area contributed by atoms with Crippen molar-refractivity contribution >= 4 is 23.2 Å². The Morgan fingerprint density at radius 1 is 1.44 bits per heavy atom. The molecule has 0 bridgehead atoms. The van der Waals surface area contributed by atoms with E-state index < -0.39 is 17.6 Å². The lowest BCUT2D eigenvalue weighted by atomic mass is 10.1. The number of benzene rings is 1. The Morgan fingerprint density at radius 3 is 2.76 bits per heavy atom. The number of carbonyl (C=O) groups is 1. The van der Waals surface area contributed by atoms with Crippen molar-refractivity contribution in [1.82, 2.24) is 5.32 Å². The molecule has 0 aliphatic carbocycles. The minimum absolute atomic E-state index is 0.0746. The molecule has 9 heteroatoms. The van der Waals surface area contributed by atoms with Gasteiger partial charge in [0.25, 0.3) is 5.91 Å². The third kappa shape index (κ3) is 7.03. The third-order valence-corrected chi connectivity index (χ3v) is 3.21. The molecule has 0 saturated heterocycles. The smallest absolute Gasteiger partial charge is 0.382 e. The van der Waals surface area contributed by atoms with Crippen LogP contribution < -0.4 is 10.6 Å². The Bertz CT molecular complexity index is 670. The van der Waals surface area contributed by atoms with Crippen LogP contribution in [0.4, 0.5) is 18.9 Å². The van der Waals surface area contributed by atoms with Gasteiger partial charge in [-0.2, -0.15) is 18.4 Å². The molecule has 25 heavy (non-hydrogen) atoms. The van der Waals surface area contributed by atoms with E-state index in [0.717, 1.165) is 18.3 Å². The van der Waals surface area contributed by atoms with Gasteiger partial charge in [0.15, 0.2) is 0 Å². The van der Waals surface area contributed by atoms with Gasteiger partial charge in [-0.15, -0.1) is 0 Å². The van der Waals surface area contributed by atoms with Gasteiger partial charge in [-0.3, -0.25) is 4.79 Å². The number of nitriles is 1. The highest BCUT2D eigenvalue weighted by Crippen LogP contribution is 2.36. The van der Waals surface area contributed by atoms with Crippen molar-refractivity contribution in [2.45, 2.75) is 19.5 Å². The molecule has 5 nitrogen and oxygen atoms in total. The second-order valence-corrected chi connectivity index (χ2v) is 5.24. The van der Waals surface area contributed by atoms with Crippen molar-refractivity contribution < 1.29 is 22.7 Å². The number of alkyl halides is 3. The molecule has 1 aromatic carbocycles. The maximum Gasteiger partial charge on any atom is 0.418 e. The number of anilines is 1. The molecular formula is C16H17ClF3N3O2. The van der Waals surface area contributed by atoms with Crippen molar-refractivity contribution in [1.29, 1.82) is 5.26 Å². The highest BCUT2D eigenvalue weighted by molar-refractivity contribution is 6.30. The van der Waals surface area contributed by atoms with E-state index in [1.54, 1.807) is 6.07 Å². The molecule has 136 valence electrons. The molecule has 1 rings (SSSR count). The van der Waals surface area contributed by atoms with Gasteiger partial charge in [-0.1, -0.05) is 11.6 Å². The number of rotatable bonds is 8. The molecule has 0 unspecified atom stereocenters. The van der Waals surface area contributed by atoms with E-state index in [1.807, 2.05) is 6.92 Å². The van der Waals surface area contributed by atoms with E-state index in [-0.39, 0.29) is 22.8 Å². The van der Waals surface area contributed by atoms with Gasteiger partial charge in [-0.25, -0.2) is 0 Å². The van der Waals surface area contributed by atoms with Gasteiger partial charge >= 0.3 is 6.18 Å². The van der Waals surface area contributed by atoms with E-state index >= 15 is 0 Å². The molecule has 0 aliphatic heterocycles. The second-order valence-electron chi connectivity index (χ2n) is 4.81. The fraction of sp³-hybridized carbons (Fsp3) is 0.375. The van der Waals surface area contributed by atoms with Crippen LogP contribution in [0.3, 0.4) is 0 Å². The number of nitrogens with one attached hydrogen (secondary N) is 2. The molecule has 0 fully saturated rings. The fourth-order valence-corrected chi connectivity index (χ4v) is 1.96. The lowest BCUT2D eigenvalue weighted by Crippen LogP contribution is -2.26. The number of carbonyl (C=O) groups excluding carboxylic acids is 1. The lowest BCUT2D eigenvalue weighted by Gasteiger charge is -2.13. The number of amides is 1. The Labute approximate surface area is 148 Å². The first-order chi connectivity index (χ1) is 11.8. The number of ether oxygens (including phenoxy) is 1. The average molecular weight is 376 g/mol. The molecule has 0 spiro atoms. The first kappa shape index (κ1) is 20.8. The summed E-state index contributed by atoms with van der Waals surface area (Å²) in [6.45, 7) is 3.14. The molecule has 0 aliphatic rings. The van der Waals surface area contributed by atoms with E-state index in [2.05, 4.69) is 10.6 Å². The SMILES string of the molecule is CCOCCCNC(=O)/C(C#N)=C\Nc1ccc(Cl)cc1C(F)(F)F. The van der Waals surface area contributed by atoms with Gasteiger partial charge in [0.1, 0.15) is 11.6 Å². The minimum Gasteiger partial charge on any atom is -0.382 e. The number of hydrogen-bond donors (Lipinski definition) is 2. The quantitative estimate of drug-likeness (QED) is 0.412. The van der Waals surface area contributed by atoms with Crippen LogP contribution >= 0.6 is 11.6 Å². The maximum absolute atomic E-state index is 13.0. The molecule has 0 aromatic heterocycles. The van der Waals surface area contributed by atoms with Crippen molar-refractivity contribution in [3.05, 3.63) is 40.6 Å². The van der Waals surface area contributed by atoms with Crippen LogP contribution in [-0.2, 0) is 15.7 Å². The fourth-order valence-electron chi connectivity index (χ4n) is 1.79. The molecule has 0 heterocycles. The van der Waals surface area contributed by atoms with Crippen molar-refractivity contribution in [3.63, 3.8) is 0 Å². The van der Waals surface area contributed by atoms with Crippen LogP contribution in [-0.4, -0.2) is 25.7 Å². The first-order valence-electron chi connectivity index (χ1n) is 7.39. The summed E-state index contributed by atoms with van der Waals surface area (Å²) < 4.78 is 44.1. The maximum atomic E-state index is 13.0. The van der Waals surface area contributed by atoms with Crippen LogP contribution in [0.2, 0.25) is 5.02 Å². The van der Waals surface area contributed by atoms with Crippen molar-refractivity contribution in [2.24, 2.45) is 0 Å². The molecule has 0 radical (unpaired) electrons. The molecule has 0 saturated carbocycles. The summed E-state index contributed by atoms with van der Waals surface area (Å²) in [5, 5.41) is 13.8. The van der Waals surface area contributed by atoms with Crippen LogP contribution in [0.1, 0.15) is 18.9 Å². The Morgan fingerprint density at radius 2 is 2.16 bits per heavy atom. The molecule has 0 atom stereocenters. The van der Waals surface area contributed by atoms with Crippen molar-refractivity contribution in [2.75, 3.05) is 25.1 Å². The second kappa shape index (κ2) is 9.91. The molecule has 2 N–H and O–H groups in total. The lowest BCUT2D eigenvalue weighted by molar-refractivity contribution is -0.136. The normalized spacial score (nSPS) is 11.8. The predicted molar refractivity (Wildman–Crippen MR) is 87.9 cm³/mol. The largest absolute Gasteiger partial charge is 0.418 e. The highest BCUT2D eigenvalue weighted by Gasteiger charge is 2.33. The zero-order valence-corrected chi connectivity index (χ0v) is 14.2. The van der Waals surface area contributed by atoms with Crippen molar-refractivity contribution in [3.8, 4) is 6.07 Å². The molecular weight excluding hydrogens is 359 g/mol. The summed E-state index contributed by atoms with van der Waals surface area (Å²) in [5.74, 6) is -0.686. The third-order valence-electron chi connectivity index (χ3n) is 2.98. The van der Waals surface area contributed by atoms with Gasteiger partial charge < -0.3 is 15.4 Å². The summed E-state index contributed by atoms with van der Waals surface area (Å²) in [5.41, 5.74) is -1.65. The summed E-state index contributed by atoms with van der Waals surface area (Å²) in [6, 6.07) is 4.80. The number of hydrogen-bond acceptors (Lipinski definition) is 4. The van der Waals surface area contributed by atoms with Crippen LogP contribution in [0.25, 0.3) is 0 Å². The van der Waals surface area contributed by atoms with Gasteiger partial charge in [0.05, 0.1) is 11.3 Å². The van der Waals surface area contributed by atoms with Crippen LogP contribution in [0, 0.1) is 11.3 Å². The average Bonchev–Trinajstić information content (AvgIpc) is 2.55. The van der Waals surface area contributed by atoms with Gasteiger partial charge in [-0.05, 0) is 31.5 Å². The van der Waals surface area contributed by atoms with E-state index in [4.69, 9.17) is 21.6 Å². The van der Waals surface area contributed by atoms with E-state index in [9.17, 15) is 18.0 Å². The predicted octanol–water partition coefficient (Wildman–Crippen LogP) is 3.72. The van der Waals surface area contributed by atoms with Crippen LogP contribution in [0.15, 0.2) is 30.0 Å². The molecule has 1 amide bonds. The summed E-state index contributed by atoms with van der Waals surface area (Å²) in [7, 11) is 0. The number of halogens is 4. The highest BCUT2D eigenvalue weighted by atomic mass is 35.5. The number of nitrogens with zero attached hydrogens (tertiary/aromatic N) is 1. The first-order valence-corrected chi connectivity index (χ1v) is 7.77. The zero-order chi connectivity index (χ0) is 18.9. The summed E-state index contributed by atoms with van der Waals surface area (Å²) >= 11 is 5.59. The van der Waals surface area contributed by atoms with Gasteiger partial charge in [0, 0.05) is 31.0 Å². The minimum atomic E-state index is -4.63. The topological polar surface area (TPSA) is 74.1 Å². The zero-order valence-electron chi connectivity index (χ0n) is 13.4.